The third kappa shape index (κ3) is 5.36. The first kappa shape index (κ1) is 22.6. The first-order chi connectivity index (χ1) is 14.4. The monoisotopic (exact) mass is 456 g/mol. The molecule has 0 spiro atoms. The molecule has 4 rings (SSSR count). The highest BCUT2D eigenvalue weighted by atomic mass is 35.5. The van der Waals surface area contributed by atoms with Gasteiger partial charge in [-0.25, -0.2) is 9.82 Å². The molecule has 0 atom stereocenters. The summed E-state index contributed by atoms with van der Waals surface area (Å²) in [6.07, 6.45) is 0. The van der Waals surface area contributed by atoms with Crippen molar-refractivity contribution in [3.05, 3.63) is 100 Å². The van der Waals surface area contributed by atoms with Crippen LogP contribution in [-0.2, 0) is 23.3 Å². The summed E-state index contributed by atoms with van der Waals surface area (Å²) in [7, 11) is -3.79. The number of halogens is 1. The van der Waals surface area contributed by atoms with Gasteiger partial charge in [-0.3, -0.25) is 4.79 Å². The Morgan fingerprint density at radius 2 is 1.52 bits per heavy atom. The van der Waals surface area contributed by atoms with Crippen LogP contribution >= 0.6 is 12.4 Å². The molecule has 0 aliphatic carbocycles. The molecular weight excluding hydrogens is 436 g/mol. The van der Waals surface area contributed by atoms with Crippen LogP contribution in [0.15, 0.2) is 83.7 Å². The van der Waals surface area contributed by atoms with Gasteiger partial charge in [-0.15, -0.1) is 12.4 Å². The number of fused-ring (bicyclic) bond motifs is 1. The van der Waals surface area contributed by atoms with Crippen molar-refractivity contribution in [3.63, 3.8) is 0 Å². The van der Waals surface area contributed by atoms with Gasteiger partial charge < -0.3 is 0 Å². The average molecular weight is 457 g/mol. The molecule has 160 valence electrons. The fourth-order valence-corrected chi connectivity index (χ4v) is 3.69. The topological polar surface area (TPSA) is 107 Å². The highest BCUT2D eigenvalue weighted by molar-refractivity contribution is 7.87. The number of benzene rings is 3. The first-order valence-electron chi connectivity index (χ1n) is 9.31. The van der Waals surface area contributed by atoms with Gasteiger partial charge in [-0.1, -0.05) is 66.7 Å². The summed E-state index contributed by atoms with van der Waals surface area (Å²) in [6, 6.07) is 24.3. The largest absolute Gasteiger partial charge is 0.274 e. The lowest BCUT2D eigenvalue weighted by molar-refractivity contribution is 0.583. The minimum absolute atomic E-state index is 0. The van der Waals surface area contributed by atoms with E-state index in [1.807, 2.05) is 66.7 Å². The molecule has 0 aliphatic rings. The zero-order valence-corrected chi connectivity index (χ0v) is 18.1. The minimum Gasteiger partial charge on any atom is -0.267 e. The van der Waals surface area contributed by atoms with E-state index in [2.05, 4.69) is 9.82 Å². The van der Waals surface area contributed by atoms with Gasteiger partial charge in [-0.05, 0) is 23.3 Å². The van der Waals surface area contributed by atoms with E-state index in [0.29, 0.717) is 17.6 Å². The number of hydrogen-bond donors (Lipinski definition) is 2. The molecule has 4 aromatic rings. The fraction of sp³-hybridized carbons (Fsp3) is 0.0909. The quantitative estimate of drug-likeness (QED) is 0.465. The van der Waals surface area contributed by atoms with Crippen molar-refractivity contribution in [2.45, 2.75) is 13.1 Å². The molecule has 0 saturated carbocycles. The van der Waals surface area contributed by atoms with Gasteiger partial charge >= 0.3 is 0 Å². The van der Waals surface area contributed by atoms with E-state index in [9.17, 15) is 13.2 Å². The van der Waals surface area contributed by atoms with Crippen molar-refractivity contribution in [1.82, 2.24) is 14.5 Å². The van der Waals surface area contributed by atoms with Gasteiger partial charge in [0, 0.05) is 17.5 Å². The summed E-state index contributed by atoms with van der Waals surface area (Å²) in [5, 5.41) is 11.0. The van der Waals surface area contributed by atoms with Gasteiger partial charge in [0.2, 0.25) is 0 Å². The molecule has 0 unspecified atom stereocenters. The van der Waals surface area contributed by atoms with Crippen LogP contribution < -0.4 is 15.4 Å². The van der Waals surface area contributed by atoms with Crippen LogP contribution in [0.5, 0.6) is 0 Å². The van der Waals surface area contributed by atoms with Gasteiger partial charge in [0.15, 0.2) is 0 Å². The van der Waals surface area contributed by atoms with Crippen molar-refractivity contribution in [2.75, 3.05) is 0 Å². The Morgan fingerprint density at radius 3 is 2.23 bits per heavy atom. The second-order valence-electron chi connectivity index (χ2n) is 6.91. The van der Waals surface area contributed by atoms with E-state index in [1.165, 1.54) is 4.68 Å². The smallest absolute Gasteiger partial charge is 0.267 e. The van der Waals surface area contributed by atoms with E-state index in [0.717, 1.165) is 22.1 Å². The normalized spacial score (nSPS) is 11.3. The fourth-order valence-electron chi connectivity index (χ4n) is 3.32. The number of aromatic nitrogens is 2. The SMILES string of the molecule is Cl.NS(=O)(=O)NCc1cccc(-c2nn(Cc3ccccc3)c(=O)c3ccccc23)c1. The Bertz CT molecular complexity index is 1370. The number of nitrogens with one attached hydrogen (secondary N) is 1. The number of nitrogens with two attached hydrogens (primary N) is 1. The van der Waals surface area contributed by atoms with E-state index in [-0.39, 0.29) is 24.5 Å². The average Bonchev–Trinajstić information content (AvgIpc) is 2.75. The zero-order chi connectivity index (χ0) is 21.1. The Hall–Kier alpha value is -3.04. The van der Waals surface area contributed by atoms with E-state index < -0.39 is 10.2 Å². The van der Waals surface area contributed by atoms with Crippen molar-refractivity contribution >= 4 is 33.4 Å². The third-order valence-electron chi connectivity index (χ3n) is 4.72. The molecule has 7 nitrogen and oxygen atoms in total. The van der Waals surface area contributed by atoms with Crippen LogP contribution in [0, 0.1) is 0 Å². The van der Waals surface area contributed by atoms with Crippen LogP contribution in [0.25, 0.3) is 22.0 Å². The van der Waals surface area contributed by atoms with Crippen molar-refractivity contribution in [2.24, 2.45) is 5.14 Å². The molecule has 1 aromatic heterocycles. The third-order valence-corrected chi connectivity index (χ3v) is 5.27. The summed E-state index contributed by atoms with van der Waals surface area (Å²) >= 11 is 0. The molecule has 0 saturated heterocycles. The molecule has 31 heavy (non-hydrogen) atoms. The predicted molar refractivity (Wildman–Crippen MR) is 124 cm³/mol. The van der Waals surface area contributed by atoms with Crippen LogP contribution in [0.3, 0.4) is 0 Å². The van der Waals surface area contributed by atoms with Gasteiger partial charge in [-0.2, -0.15) is 18.2 Å². The minimum atomic E-state index is -3.79. The maximum Gasteiger partial charge on any atom is 0.274 e. The standard InChI is InChI=1S/C22H20N4O3S.ClH/c23-30(28,29)24-14-17-9-6-10-18(13-17)21-19-11-4-5-12-20(19)22(27)26(25-21)15-16-7-2-1-3-8-16;/h1-13,24H,14-15H2,(H2,23,28,29);1H. The Morgan fingerprint density at radius 1 is 0.871 bits per heavy atom. The molecule has 3 aromatic carbocycles. The molecule has 9 heteroatoms. The van der Waals surface area contributed by atoms with Gasteiger partial charge in [0.05, 0.1) is 17.6 Å². The predicted octanol–water partition coefficient (Wildman–Crippen LogP) is 2.83. The summed E-state index contributed by atoms with van der Waals surface area (Å²) in [5.74, 6) is 0. The molecule has 0 radical (unpaired) electrons. The summed E-state index contributed by atoms with van der Waals surface area (Å²) in [5.41, 5.74) is 2.97. The maximum atomic E-state index is 13.0. The van der Waals surface area contributed by atoms with Crippen LogP contribution in [-0.4, -0.2) is 18.2 Å². The Balaban J connectivity index is 0.00000272. The lowest BCUT2D eigenvalue weighted by Gasteiger charge is -2.12. The maximum absolute atomic E-state index is 13.0. The highest BCUT2D eigenvalue weighted by Crippen LogP contribution is 2.25. The van der Waals surface area contributed by atoms with Crippen LogP contribution in [0.4, 0.5) is 0 Å². The molecule has 0 fully saturated rings. The van der Waals surface area contributed by atoms with E-state index >= 15 is 0 Å². The number of hydrogen-bond acceptors (Lipinski definition) is 4. The Labute approximate surface area is 186 Å². The molecule has 0 amide bonds. The van der Waals surface area contributed by atoms with Crippen molar-refractivity contribution in [3.8, 4) is 11.3 Å². The second kappa shape index (κ2) is 9.40. The van der Waals surface area contributed by atoms with Crippen LogP contribution in [0.1, 0.15) is 11.1 Å². The number of rotatable bonds is 6. The molecule has 0 aliphatic heterocycles. The Kier molecular flexibility index (Phi) is 6.87. The lowest BCUT2D eigenvalue weighted by atomic mass is 10.0. The number of nitrogens with zero attached hydrogens (tertiary/aromatic N) is 2. The first-order valence-corrected chi connectivity index (χ1v) is 10.9. The summed E-state index contributed by atoms with van der Waals surface area (Å²) in [4.78, 5) is 13.0. The van der Waals surface area contributed by atoms with Crippen molar-refractivity contribution < 1.29 is 8.42 Å². The lowest BCUT2D eigenvalue weighted by Crippen LogP contribution is -2.30. The van der Waals surface area contributed by atoms with Crippen molar-refractivity contribution in [1.29, 1.82) is 0 Å². The molecule has 1 heterocycles. The second-order valence-corrected chi connectivity index (χ2v) is 8.29. The molecular formula is C22H21ClN4O3S. The van der Waals surface area contributed by atoms with Gasteiger partial charge in [0.1, 0.15) is 0 Å². The summed E-state index contributed by atoms with van der Waals surface area (Å²) in [6.45, 7) is 0.415. The van der Waals surface area contributed by atoms with E-state index in [1.54, 1.807) is 12.1 Å². The zero-order valence-electron chi connectivity index (χ0n) is 16.4. The van der Waals surface area contributed by atoms with E-state index in [4.69, 9.17) is 5.14 Å². The highest BCUT2D eigenvalue weighted by Gasteiger charge is 2.13. The van der Waals surface area contributed by atoms with Gasteiger partial charge in [0.25, 0.3) is 15.8 Å². The van der Waals surface area contributed by atoms with Crippen LogP contribution in [0.2, 0.25) is 0 Å². The summed E-state index contributed by atoms with van der Waals surface area (Å²) < 4.78 is 26.2. The molecule has 0 bridgehead atoms. The molecule has 3 N–H and O–H groups in total.